The smallest absolute Gasteiger partial charge is 0.416 e. The second kappa shape index (κ2) is 9.95. The molecule has 2 rings (SSSR count). The SMILES string of the molecule is CCCCCN(C(=O)OCc1ccccc1)c1cc(C(=O)O)cc(C(F)(F)F)c1. The molecule has 0 heterocycles. The number of anilines is 1. The predicted molar refractivity (Wildman–Crippen MR) is 102 cm³/mol. The summed E-state index contributed by atoms with van der Waals surface area (Å²) in [7, 11) is 0. The molecule has 0 radical (unpaired) electrons. The van der Waals surface area contributed by atoms with Crippen molar-refractivity contribution in [3.8, 4) is 0 Å². The molecule has 1 N–H and O–H groups in total. The lowest BCUT2D eigenvalue weighted by Crippen LogP contribution is -2.33. The topological polar surface area (TPSA) is 66.8 Å². The lowest BCUT2D eigenvalue weighted by atomic mass is 10.1. The van der Waals surface area contributed by atoms with Crippen molar-refractivity contribution in [2.75, 3.05) is 11.4 Å². The van der Waals surface area contributed by atoms with E-state index in [0.29, 0.717) is 12.5 Å². The highest BCUT2D eigenvalue weighted by atomic mass is 19.4. The monoisotopic (exact) mass is 409 g/mol. The maximum Gasteiger partial charge on any atom is 0.416 e. The summed E-state index contributed by atoms with van der Waals surface area (Å²) in [6.07, 6.45) is -3.44. The first-order chi connectivity index (χ1) is 13.7. The summed E-state index contributed by atoms with van der Waals surface area (Å²) in [5.74, 6) is -1.51. The third-order valence-corrected chi connectivity index (χ3v) is 4.21. The van der Waals surface area contributed by atoms with Crippen molar-refractivity contribution < 1.29 is 32.6 Å². The lowest BCUT2D eigenvalue weighted by Gasteiger charge is -2.24. The first kappa shape index (κ1) is 22.3. The molecule has 156 valence electrons. The minimum absolute atomic E-state index is 0.0469. The van der Waals surface area contributed by atoms with Crippen LogP contribution in [0.4, 0.5) is 23.7 Å². The summed E-state index contributed by atoms with van der Waals surface area (Å²) in [4.78, 5) is 25.0. The largest absolute Gasteiger partial charge is 0.478 e. The van der Waals surface area contributed by atoms with E-state index in [9.17, 15) is 27.9 Å². The van der Waals surface area contributed by atoms with Crippen molar-refractivity contribution in [1.82, 2.24) is 0 Å². The Kier molecular flexibility index (Phi) is 7.64. The number of carbonyl (C=O) groups is 2. The van der Waals surface area contributed by atoms with Crippen molar-refractivity contribution in [3.05, 3.63) is 65.2 Å². The first-order valence-corrected chi connectivity index (χ1v) is 9.16. The van der Waals surface area contributed by atoms with Crippen LogP contribution in [-0.2, 0) is 17.5 Å². The van der Waals surface area contributed by atoms with Gasteiger partial charge in [0.15, 0.2) is 0 Å². The Morgan fingerprint density at radius 3 is 2.34 bits per heavy atom. The van der Waals surface area contributed by atoms with Crippen LogP contribution in [0.15, 0.2) is 48.5 Å². The van der Waals surface area contributed by atoms with Crippen LogP contribution in [0.1, 0.15) is 47.7 Å². The lowest BCUT2D eigenvalue weighted by molar-refractivity contribution is -0.137. The van der Waals surface area contributed by atoms with Crippen LogP contribution in [0.3, 0.4) is 0 Å². The van der Waals surface area contributed by atoms with Gasteiger partial charge in [-0.25, -0.2) is 9.59 Å². The fourth-order valence-electron chi connectivity index (χ4n) is 2.70. The van der Waals surface area contributed by atoms with Gasteiger partial charge in [-0.2, -0.15) is 13.2 Å². The van der Waals surface area contributed by atoms with Gasteiger partial charge in [0.25, 0.3) is 0 Å². The number of carboxylic acids is 1. The average Bonchev–Trinajstić information content (AvgIpc) is 2.69. The third-order valence-electron chi connectivity index (χ3n) is 4.21. The number of ether oxygens (including phenoxy) is 1. The molecule has 2 aromatic carbocycles. The maximum atomic E-state index is 13.2. The minimum atomic E-state index is -4.75. The first-order valence-electron chi connectivity index (χ1n) is 9.16. The van der Waals surface area contributed by atoms with E-state index >= 15 is 0 Å². The number of halogens is 3. The molecule has 2 aromatic rings. The summed E-state index contributed by atoms with van der Waals surface area (Å²) >= 11 is 0. The Balaban J connectivity index is 2.33. The summed E-state index contributed by atoms with van der Waals surface area (Å²) in [6, 6.07) is 11.2. The normalized spacial score (nSPS) is 11.2. The van der Waals surface area contributed by atoms with Crippen LogP contribution >= 0.6 is 0 Å². The molecular formula is C21H22F3NO4. The van der Waals surface area contributed by atoms with Crippen molar-refractivity contribution in [3.63, 3.8) is 0 Å². The molecular weight excluding hydrogens is 387 g/mol. The second-order valence-corrected chi connectivity index (χ2v) is 6.47. The highest BCUT2D eigenvalue weighted by molar-refractivity contribution is 5.93. The Bertz CT molecular complexity index is 838. The molecule has 0 aliphatic carbocycles. The number of nitrogens with zero attached hydrogens (tertiary/aromatic N) is 1. The summed E-state index contributed by atoms with van der Waals surface area (Å²) in [5.41, 5.74) is -1.12. The van der Waals surface area contributed by atoms with Crippen LogP contribution in [0.5, 0.6) is 0 Å². The Morgan fingerprint density at radius 2 is 1.76 bits per heavy atom. The highest BCUT2D eigenvalue weighted by Crippen LogP contribution is 2.33. The summed E-state index contributed by atoms with van der Waals surface area (Å²) in [5, 5.41) is 9.18. The Morgan fingerprint density at radius 1 is 1.07 bits per heavy atom. The van der Waals surface area contributed by atoms with E-state index in [1.165, 1.54) is 0 Å². The van der Waals surface area contributed by atoms with Gasteiger partial charge < -0.3 is 9.84 Å². The van der Waals surface area contributed by atoms with Crippen LogP contribution in [0, 0.1) is 0 Å². The van der Waals surface area contributed by atoms with E-state index in [2.05, 4.69) is 0 Å². The zero-order valence-electron chi connectivity index (χ0n) is 15.9. The molecule has 0 saturated carbocycles. The molecule has 5 nitrogen and oxygen atoms in total. The molecule has 0 spiro atoms. The molecule has 0 saturated heterocycles. The molecule has 0 bridgehead atoms. The molecule has 8 heteroatoms. The fraction of sp³-hybridized carbons (Fsp3) is 0.333. The van der Waals surface area contributed by atoms with E-state index in [-0.39, 0.29) is 18.8 Å². The minimum Gasteiger partial charge on any atom is -0.478 e. The quantitative estimate of drug-likeness (QED) is 0.565. The summed E-state index contributed by atoms with van der Waals surface area (Å²) < 4.78 is 44.9. The maximum absolute atomic E-state index is 13.2. The molecule has 0 unspecified atom stereocenters. The number of aromatic carboxylic acids is 1. The molecule has 0 aromatic heterocycles. The third kappa shape index (κ3) is 6.51. The van der Waals surface area contributed by atoms with Crippen LogP contribution in [0.25, 0.3) is 0 Å². The van der Waals surface area contributed by atoms with Gasteiger partial charge >= 0.3 is 18.2 Å². The fourth-order valence-corrected chi connectivity index (χ4v) is 2.70. The van der Waals surface area contributed by atoms with E-state index in [4.69, 9.17) is 4.74 Å². The molecule has 1 amide bonds. The van der Waals surface area contributed by atoms with Gasteiger partial charge in [0.2, 0.25) is 0 Å². The van der Waals surface area contributed by atoms with Crippen molar-refractivity contribution in [2.45, 2.75) is 39.0 Å². The number of carbonyl (C=O) groups excluding carboxylic acids is 1. The predicted octanol–water partition coefficient (Wildman–Crippen LogP) is 5.74. The molecule has 0 aliphatic rings. The van der Waals surface area contributed by atoms with Crippen LogP contribution in [0.2, 0.25) is 0 Å². The molecule has 0 fully saturated rings. The average molecular weight is 409 g/mol. The van der Waals surface area contributed by atoms with Gasteiger partial charge in [0.1, 0.15) is 6.61 Å². The number of benzene rings is 2. The van der Waals surface area contributed by atoms with Gasteiger partial charge in [-0.05, 0) is 30.2 Å². The second-order valence-electron chi connectivity index (χ2n) is 6.47. The number of unbranched alkanes of at least 4 members (excludes halogenated alkanes) is 2. The molecule has 0 aliphatic heterocycles. The van der Waals surface area contributed by atoms with E-state index in [1.807, 2.05) is 6.92 Å². The zero-order valence-corrected chi connectivity index (χ0v) is 15.9. The van der Waals surface area contributed by atoms with Crippen LogP contribution in [-0.4, -0.2) is 23.7 Å². The molecule has 0 atom stereocenters. The standard InChI is InChI=1S/C21H22F3NO4/c1-2-3-7-10-25(20(28)29-14-15-8-5-4-6-9-15)18-12-16(19(26)27)11-17(13-18)21(22,23)24/h4-6,8-9,11-13H,2-3,7,10,14H2,1H3,(H,26,27). The van der Waals surface area contributed by atoms with Crippen molar-refractivity contribution in [2.24, 2.45) is 0 Å². The van der Waals surface area contributed by atoms with Gasteiger partial charge in [0.05, 0.1) is 11.1 Å². The van der Waals surface area contributed by atoms with Crippen molar-refractivity contribution in [1.29, 1.82) is 0 Å². The van der Waals surface area contributed by atoms with Gasteiger partial charge in [0, 0.05) is 12.2 Å². The number of hydrogen-bond acceptors (Lipinski definition) is 3. The number of carboxylic acid groups (broad SMARTS) is 1. The van der Waals surface area contributed by atoms with Crippen LogP contribution < -0.4 is 4.90 Å². The van der Waals surface area contributed by atoms with Crippen molar-refractivity contribution >= 4 is 17.7 Å². The summed E-state index contributed by atoms with van der Waals surface area (Å²) in [6.45, 7) is 2.02. The number of rotatable bonds is 8. The molecule has 29 heavy (non-hydrogen) atoms. The van der Waals surface area contributed by atoms with Gasteiger partial charge in [-0.1, -0.05) is 50.1 Å². The number of alkyl halides is 3. The highest BCUT2D eigenvalue weighted by Gasteiger charge is 2.33. The number of amides is 1. The van der Waals surface area contributed by atoms with E-state index in [0.717, 1.165) is 35.4 Å². The van der Waals surface area contributed by atoms with E-state index in [1.54, 1.807) is 30.3 Å². The Labute approximate surface area is 166 Å². The Hall–Kier alpha value is -3.03. The van der Waals surface area contributed by atoms with Gasteiger partial charge in [-0.3, -0.25) is 4.90 Å². The zero-order chi connectivity index (χ0) is 21.4. The van der Waals surface area contributed by atoms with E-state index < -0.39 is 29.4 Å². The number of hydrogen-bond donors (Lipinski definition) is 1. The van der Waals surface area contributed by atoms with Gasteiger partial charge in [-0.15, -0.1) is 0 Å².